The van der Waals surface area contributed by atoms with Crippen molar-refractivity contribution in [3.8, 4) is 0 Å². The fraction of sp³-hybridized carbons (Fsp3) is 0.579. The monoisotopic (exact) mass is 406 g/mol. The predicted octanol–water partition coefficient (Wildman–Crippen LogP) is 3.31. The van der Waals surface area contributed by atoms with E-state index in [1.165, 1.54) is 0 Å². The van der Waals surface area contributed by atoms with Crippen LogP contribution in [0.25, 0.3) is 0 Å². The zero-order valence-electron chi connectivity index (χ0n) is 17.0. The third kappa shape index (κ3) is 6.40. The van der Waals surface area contributed by atoms with Crippen molar-refractivity contribution in [2.45, 2.75) is 52.6 Å². The number of carbonyl (C=O) groups is 1. The second-order valence-electron chi connectivity index (χ2n) is 8.03. The van der Waals surface area contributed by atoms with E-state index >= 15 is 0 Å². The van der Waals surface area contributed by atoms with Gasteiger partial charge in [0.25, 0.3) is 0 Å². The first-order valence-corrected chi connectivity index (χ1v) is 9.37. The van der Waals surface area contributed by atoms with E-state index in [0.29, 0.717) is 12.4 Å². The lowest BCUT2D eigenvalue weighted by atomic mass is 9.95. The Morgan fingerprint density at radius 1 is 1.39 bits per heavy atom. The molecule has 2 aromatic heterocycles. The molecule has 0 radical (unpaired) electrons. The highest BCUT2D eigenvalue weighted by molar-refractivity contribution is 7.59. The molecule has 1 saturated heterocycles. The third-order valence-corrected chi connectivity index (χ3v) is 4.28. The predicted molar refractivity (Wildman–Crippen MR) is 114 cm³/mol. The van der Waals surface area contributed by atoms with Gasteiger partial charge in [-0.1, -0.05) is 0 Å². The van der Waals surface area contributed by atoms with Gasteiger partial charge in [-0.3, -0.25) is 9.89 Å². The molecular weight excluding hydrogens is 376 g/mol. The Kier molecular flexibility index (Phi) is 7.29. The van der Waals surface area contributed by atoms with Crippen LogP contribution in [0.15, 0.2) is 18.3 Å². The maximum Gasteiger partial charge on any atom is 0.306 e. The van der Waals surface area contributed by atoms with Crippen LogP contribution in [-0.4, -0.2) is 44.8 Å². The van der Waals surface area contributed by atoms with Gasteiger partial charge in [-0.15, -0.1) is 0 Å². The second-order valence-corrected chi connectivity index (χ2v) is 8.03. The molecule has 1 atom stereocenters. The molecule has 2 N–H and O–H groups in total. The number of anilines is 3. The van der Waals surface area contributed by atoms with Crippen LogP contribution in [0.1, 0.15) is 45.7 Å². The van der Waals surface area contributed by atoms with E-state index in [1.807, 2.05) is 39.8 Å². The molecule has 0 spiro atoms. The quantitative estimate of drug-likeness (QED) is 0.735. The maximum atomic E-state index is 12.2. The van der Waals surface area contributed by atoms with Crippen molar-refractivity contribution in [3.63, 3.8) is 0 Å². The summed E-state index contributed by atoms with van der Waals surface area (Å²) in [4.78, 5) is 23.6. The Hall–Kier alpha value is -2.29. The summed E-state index contributed by atoms with van der Waals surface area (Å²) in [6.45, 7) is 9.28. The topological polar surface area (TPSA) is 96.0 Å². The molecule has 0 amide bonds. The molecule has 0 unspecified atom stereocenters. The Bertz CT molecular complexity index is 775. The van der Waals surface area contributed by atoms with Crippen molar-refractivity contribution >= 4 is 37.0 Å². The molecular formula is C19H30N6O2S. The number of nitrogens with one attached hydrogen (secondary N) is 2. The van der Waals surface area contributed by atoms with Gasteiger partial charge in [0.15, 0.2) is 0 Å². The van der Waals surface area contributed by atoms with Gasteiger partial charge in [0, 0.05) is 30.9 Å². The molecule has 2 aromatic rings. The zero-order chi connectivity index (χ0) is 19.4. The lowest BCUT2D eigenvalue weighted by Gasteiger charge is -2.33. The number of aromatic amines is 1. The van der Waals surface area contributed by atoms with Crippen molar-refractivity contribution in [1.29, 1.82) is 0 Å². The minimum absolute atomic E-state index is 0. The van der Waals surface area contributed by atoms with Gasteiger partial charge in [0.2, 0.25) is 5.95 Å². The first-order chi connectivity index (χ1) is 12.8. The maximum absolute atomic E-state index is 12.2. The summed E-state index contributed by atoms with van der Waals surface area (Å²) < 4.78 is 5.47. The molecule has 1 aliphatic rings. The van der Waals surface area contributed by atoms with Crippen LogP contribution in [0, 0.1) is 12.8 Å². The Morgan fingerprint density at radius 3 is 2.86 bits per heavy atom. The lowest BCUT2D eigenvalue weighted by Crippen LogP contribution is -2.38. The molecule has 1 aliphatic heterocycles. The summed E-state index contributed by atoms with van der Waals surface area (Å²) in [6.07, 6.45) is 4.14. The highest BCUT2D eigenvalue weighted by Gasteiger charge is 2.26. The standard InChI is InChI=1S/C19H28N6O2.H2S/c1-13-10-16(22-15-7-8-20-24-15)23-18(21-13)25-9-5-6-14(12-25)11-17(26)27-19(2,3)4;/h7-8,10,14H,5-6,9,11-12H2,1-4H3,(H2,20,21,22,23,24);1H2/t14-;/m1./s1. The van der Waals surface area contributed by atoms with Gasteiger partial charge in [-0.05, 0) is 46.5 Å². The molecule has 9 heteroatoms. The number of hydrogen-bond donors (Lipinski definition) is 2. The number of aromatic nitrogens is 4. The van der Waals surface area contributed by atoms with Crippen molar-refractivity contribution in [2.24, 2.45) is 5.92 Å². The molecule has 8 nitrogen and oxygen atoms in total. The molecule has 0 aromatic carbocycles. The Balaban J connectivity index is 0.00000280. The molecule has 0 bridgehead atoms. The molecule has 28 heavy (non-hydrogen) atoms. The number of carbonyl (C=O) groups excluding carboxylic acids is 1. The number of esters is 1. The van der Waals surface area contributed by atoms with E-state index in [9.17, 15) is 4.79 Å². The number of rotatable bonds is 5. The lowest BCUT2D eigenvalue weighted by molar-refractivity contribution is -0.156. The SMILES string of the molecule is Cc1cc(Nc2ccn[nH]2)nc(N2CCC[C@H](CC(=O)OC(C)(C)C)C2)n1.S. The van der Waals surface area contributed by atoms with Crippen LogP contribution in [-0.2, 0) is 9.53 Å². The number of H-pyrrole nitrogens is 1. The summed E-state index contributed by atoms with van der Waals surface area (Å²) in [6, 6.07) is 3.74. The summed E-state index contributed by atoms with van der Waals surface area (Å²) in [5.74, 6) is 2.30. The highest BCUT2D eigenvalue weighted by atomic mass is 32.1. The summed E-state index contributed by atoms with van der Waals surface area (Å²) in [5.41, 5.74) is 0.439. The van der Waals surface area contributed by atoms with E-state index in [1.54, 1.807) is 6.20 Å². The average molecular weight is 407 g/mol. The van der Waals surface area contributed by atoms with Crippen molar-refractivity contribution in [1.82, 2.24) is 20.2 Å². The molecule has 0 aliphatic carbocycles. The number of ether oxygens (including phenoxy) is 1. The summed E-state index contributed by atoms with van der Waals surface area (Å²) >= 11 is 0. The largest absolute Gasteiger partial charge is 0.460 e. The first kappa shape index (κ1) is 22.0. The van der Waals surface area contributed by atoms with Gasteiger partial charge >= 0.3 is 5.97 Å². The van der Waals surface area contributed by atoms with E-state index in [4.69, 9.17) is 4.74 Å². The van der Waals surface area contributed by atoms with E-state index in [2.05, 4.69) is 30.4 Å². The molecule has 1 fully saturated rings. The van der Waals surface area contributed by atoms with E-state index < -0.39 is 5.60 Å². The van der Waals surface area contributed by atoms with E-state index in [-0.39, 0.29) is 25.4 Å². The summed E-state index contributed by atoms with van der Waals surface area (Å²) in [7, 11) is 0. The minimum atomic E-state index is -0.446. The molecule has 154 valence electrons. The normalized spacial score (nSPS) is 17.0. The number of aryl methyl sites for hydroxylation is 1. The smallest absolute Gasteiger partial charge is 0.306 e. The first-order valence-electron chi connectivity index (χ1n) is 9.37. The van der Waals surface area contributed by atoms with Crippen LogP contribution in [0.5, 0.6) is 0 Å². The van der Waals surface area contributed by atoms with Crippen molar-refractivity contribution < 1.29 is 9.53 Å². The van der Waals surface area contributed by atoms with Crippen LogP contribution in [0.3, 0.4) is 0 Å². The van der Waals surface area contributed by atoms with Gasteiger partial charge in [0.05, 0.1) is 12.6 Å². The van der Waals surface area contributed by atoms with Crippen LogP contribution in [0.4, 0.5) is 17.6 Å². The zero-order valence-corrected chi connectivity index (χ0v) is 18.0. The number of nitrogens with zero attached hydrogens (tertiary/aromatic N) is 4. The van der Waals surface area contributed by atoms with Crippen LogP contribution >= 0.6 is 13.5 Å². The molecule has 0 saturated carbocycles. The van der Waals surface area contributed by atoms with Crippen LogP contribution in [0.2, 0.25) is 0 Å². The molecule has 3 rings (SSSR count). The molecule has 3 heterocycles. The Labute approximate surface area is 172 Å². The second kappa shape index (κ2) is 9.27. The summed E-state index contributed by atoms with van der Waals surface area (Å²) in [5, 5.41) is 10.00. The third-order valence-electron chi connectivity index (χ3n) is 4.28. The fourth-order valence-electron chi connectivity index (χ4n) is 3.25. The van der Waals surface area contributed by atoms with E-state index in [0.717, 1.165) is 43.3 Å². The fourth-order valence-corrected chi connectivity index (χ4v) is 3.25. The van der Waals surface area contributed by atoms with Crippen LogP contribution < -0.4 is 10.2 Å². The Morgan fingerprint density at radius 2 is 2.18 bits per heavy atom. The van der Waals surface area contributed by atoms with Crippen molar-refractivity contribution in [2.75, 3.05) is 23.3 Å². The van der Waals surface area contributed by atoms with Gasteiger partial charge in [-0.2, -0.15) is 23.6 Å². The van der Waals surface area contributed by atoms with Crippen molar-refractivity contribution in [3.05, 3.63) is 24.0 Å². The van der Waals surface area contributed by atoms with Gasteiger partial charge in [0.1, 0.15) is 17.2 Å². The average Bonchev–Trinajstić information content (AvgIpc) is 3.05. The minimum Gasteiger partial charge on any atom is -0.460 e. The number of piperidine rings is 1. The van der Waals surface area contributed by atoms with Gasteiger partial charge < -0.3 is 15.0 Å². The van der Waals surface area contributed by atoms with Gasteiger partial charge in [-0.25, -0.2) is 4.98 Å². The number of hydrogen-bond acceptors (Lipinski definition) is 7. The highest BCUT2D eigenvalue weighted by Crippen LogP contribution is 2.25.